The zero-order valence-corrected chi connectivity index (χ0v) is 14.5. The first-order valence-corrected chi connectivity index (χ1v) is 9.21. The van der Waals surface area contributed by atoms with Crippen LogP contribution in [0.25, 0.3) is 0 Å². The van der Waals surface area contributed by atoms with Crippen LogP contribution in [0.1, 0.15) is 18.5 Å². The summed E-state index contributed by atoms with van der Waals surface area (Å²) in [7, 11) is 0. The summed E-state index contributed by atoms with van der Waals surface area (Å²) in [5.41, 5.74) is 1.17. The Morgan fingerprint density at radius 2 is 1.80 bits per heavy atom. The van der Waals surface area contributed by atoms with Gasteiger partial charge in [0.1, 0.15) is 0 Å². The van der Waals surface area contributed by atoms with Crippen molar-refractivity contribution >= 4 is 41.3 Å². The van der Waals surface area contributed by atoms with E-state index < -0.39 is 0 Å². The Labute approximate surface area is 134 Å². The van der Waals surface area contributed by atoms with Crippen LogP contribution < -0.4 is 9.78 Å². The van der Waals surface area contributed by atoms with E-state index in [0.29, 0.717) is 15.0 Å². The van der Waals surface area contributed by atoms with Crippen molar-refractivity contribution in [1.82, 2.24) is 5.32 Å². The quantitative estimate of drug-likeness (QED) is 0.773. The average molecular weight is 397 g/mol. The number of hydrogen-bond donors (Lipinski definition) is 1. The van der Waals surface area contributed by atoms with Crippen molar-refractivity contribution in [3.05, 3.63) is 64.6 Å². The standard InChI is InChI=1S/C16H16BrNOSe/c1-12(19)18-16(13-5-3-2-4-6-13)11-20-15-9-7-14(17)8-10-15/h2-10,16H,11H2,1H3,(H,18,19). The Morgan fingerprint density at radius 1 is 1.15 bits per heavy atom. The van der Waals surface area contributed by atoms with Gasteiger partial charge in [0.15, 0.2) is 0 Å². The molecule has 0 aliphatic rings. The van der Waals surface area contributed by atoms with Crippen molar-refractivity contribution in [2.75, 3.05) is 0 Å². The molecule has 0 saturated carbocycles. The normalized spacial score (nSPS) is 11.9. The number of amides is 1. The summed E-state index contributed by atoms with van der Waals surface area (Å²) in [6.45, 7) is 1.57. The van der Waals surface area contributed by atoms with E-state index in [1.165, 1.54) is 10.0 Å². The number of halogens is 1. The number of nitrogens with one attached hydrogen (secondary N) is 1. The molecule has 0 fully saturated rings. The predicted octanol–water partition coefficient (Wildman–Crippen LogP) is 3.07. The second-order valence-electron chi connectivity index (χ2n) is 4.43. The fourth-order valence-corrected chi connectivity index (χ4v) is 4.15. The Morgan fingerprint density at radius 3 is 2.40 bits per heavy atom. The van der Waals surface area contributed by atoms with E-state index in [2.05, 4.69) is 57.6 Å². The molecule has 0 aromatic heterocycles. The van der Waals surface area contributed by atoms with Crippen molar-refractivity contribution < 1.29 is 4.79 Å². The average Bonchev–Trinajstić information content (AvgIpc) is 2.46. The monoisotopic (exact) mass is 397 g/mol. The van der Waals surface area contributed by atoms with Crippen LogP contribution in [0.5, 0.6) is 0 Å². The number of rotatable bonds is 5. The van der Waals surface area contributed by atoms with Crippen LogP contribution >= 0.6 is 15.9 Å². The maximum atomic E-state index is 11.4. The third-order valence-electron chi connectivity index (χ3n) is 2.81. The number of hydrogen-bond acceptors (Lipinski definition) is 1. The molecule has 0 bridgehead atoms. The molecule has 20 heavy (non-hydrogen) atoms. The number of carbonyl (C=O) groups excluding carboxylic acids is 1. The van der Waals surface area contributed by atoms with Crippen LogP contribution in [0, 0.1) is 0 Å². The van der Waals surface area contributed by atoms with E-state index >= 15 is 0 Å². The van der Waals surface area contributed by atoms with Gasteiger partial charge in [-0.05, 0) is 0 Å². The summed E-state index contributed by atoms with van der Waals surface area (Å²) in [5, 5.41) is 4.00. The van der Waals surface area contributed by atoms with Gasteiger partial charge in [0.05, 0.1) is 0 Å². The van der Waals surface area contributed by atoms with Crippen LogP contribution in [0.3, 0.4) is 0 Å². The fraction of sp³-hybridized carbons (Fsp3) is 0.188. The summed E-state index contributed by atoms with van der Waals surface area (Å²) < 4.78 is 2.44. The molecule has 2 nitrogen and oxygen atoms in total. The number of benzene rings is 2. The second-order valence-corrected chi connectivity index (χ2v) is 7.64. The third-order valence-corrected chi connectivity index (χ3v) is 5.66. The molecule has 0 radical (unpaired) electrons. The molecular weight excluding hydrogens is 381 g/mol. The summed E-state index contributed by atoms with van der Waals surface area (Å²) in [6, 6.07) is 18.6. The van der Waals surface area contributed by atoms with Crippen LogP contribution in [-0.2, 0) is 4.79 Å². The van der Waals surface area contributed by atoms with Gasteiger partial charge in [0, 0.05) is 0 Å². The molecule has 2 rings (SSSR count). The minimum atomic E-state index is 0.0189. The van der Waals surface area contributed by atoms with Crippen molar-refractivity contribution in [2.24, 2.45) is 0 Å². The van der Waals surface area contributed by atoms with Crippen LogP contribution in [0.4, 0.5) is 0 Å². The van der Waals surface area contributed by atoms with Gasteiger partial charge in [-0.25, -0.2) is 0 Å². The summed E-state index contributed by atoms with van der Waals surface area (Å²) in [6.07, 6.45) is 0. The molecular formula is C16H16BrNOSe. The van der Waals surface area contributed by atoms with E-state index in [1.807, 2.05) is 18.2 Å². The maximum absolute atomic E-state index is 11.4. The molecule has 1 unspecified atom stereocenters. The van der Waals surface area contributed by atoms with E-state index in [1.54, 1.807) is 6.92 Å². The Bertz CT molecular complexity index is 556. The van der Waals surface area contributed by atoms with Crippen LogP contribution in [-0.4, -0.2) is 20.9 Å². The Kier molecular flexibility index (Phi) is 5.84. The SMILES string of the molecule is CC(=O)NC(C[Se]c1ccc(Br)cc1)c1ccccc1. The van der Waals surface area contributed by atoms with Crippen molar-refractivity contribution in [3.63, 3.8) is 0 Å². The molecule has 0 saturated heterocycles. The van der Waals surface area contributed by atoms with Gasteiger partial charge in [-0.2, -0.15) is 0 Å². The van der Waals surface area contributed by atoms with Gasteiger partial charge in [0.25, 0.3) is 0 Å². The van der Waals surface area contributed by atoms with E-state index in [0.717, 1.165) is 9.79 Å². The first kappa shape index (κ1) is 15.3. The molecule has 1 amide bonds. The topological polar surface area (TPSA) is 29.1 Å². The van der Waals surface area contributed by atoms with Gasteiger partial charge >= 0.3 is 134 Å². The van der Waals surface area contributed by atoms with Gasteiger partial charge in [-0.3, -0.25) is 0 Å². The second kappa shape index (κ2) is 7.63. The molecule has 2 aromatic carbocycles. The van der Waals surface area contributed by atoms with Gasteiger partial charge < -0.3 is 0 Å². The van der Waals surface area contributed by atoms with Gasteiger partial charge in [-0.15, -0.1) is 0 Å². The van der Waals surface area contributed by atoms with Crippen LogP contribution in [0.2, 0.25) is 5.32 Å². The Hall–Kier alpha value is -1.09. The molecule has 104 valence electrons. The predicted molar refractivity (Wildman–Crippen MR) is 87.3 cm³/mol. The molecule has 1 atom stereocenters. The molecule has 2 aromatic rings. The number of carbonyl (C=O) groups is 1. The van der Waals surface area contributed by atoms with E-state index in [4.69, 9.17) is 0 Å². The molecule has 0 aliphatic carbocycles. The van der Waals surface area contributed by atoms with Crippen molar-refractivity contribution in [1.29, 1.82) is 0 Å². The fourth-order valence-electron chi connectivity index (χ4n) is 1.86. The first-order valence-electron chi connectivity index (χ1n) is 6.35. The summed E-state index contributed by atoms with van der Waals surface area (Å²) in [4.78, 5) is 11.4. The molecule has 0 aliphatic heterocycles. The van der Waals surface area contributed by atoms with Gasteiger partial charge in [0.2, 0.25) is 0 Å². The molecule has 4 heteroatoms. The van der Waals surface area contributed by atoms with Crippen molar-refractivity contribution in [2.45, 2.75) is 18.3 Å². The van der Waals surface area contributed by atoms with Gasteiger partial charge in [-0.1, -0.05) is 0 Å². The summed E-state index contributed by atoms with van der Waals surface area (Å²) >= 11 is 3.78. The van der Waals surface area contributed by atoms with E-state index in [-0.39, 0.29) is 11.9 Å². The summed E-state index contributed by atoms with van der Waals surface area (Å²) in [5.74, 6) is 0.0189. The molecule has 1 N–H and O–H groups in total. The first-order chi connectivity index (χ1) is 9.65. The molecule has 0 heterocycles. The Balaban J connectivity index is 2.04. The van der Waals surface area contributed by atoms with Crippen molar-refractivity contribution in [3.8, 4) is 0 Å². The molecule has 0 spiro atoms. The zero-order chi connectivity index (χ0) is 14.4. The zero-order valence-electron chi connectivity index (χ0n) is 11.2. The van der Waals surface area contributed by atoms with Crippen LogP contribution in [0.15, 0.2) is 59.1 Å². The van der Waals surface area contributed by atoms with E-state index in [9.17, 15) is 4.79 Å². The minimum absolute atomic E-state index is 0.0189. The third kappa shape index (κ3) is 4.78.